The highest BCUT2D eigenvalue weighted by molar-refractivity contribution is 6.39. The van der Waals surface area contributed by atoms with Gasteiger partial charge in [0.05, 0.1) is 0 Å². The lowest BCUT2D eigenvalue weighted by Crippen LogP contribution is -2.51. The molecule has 0 radical (unpaired) electrons. The van der Waals surface area contributed by atoms with E-state index in [0.29, 0.717) is 26.2 Å². The maximum absolute atomic E-state index is 13.8. The molecule has 7 heteroatoms. The van der Waals surface area contributed by atoms with Gasteiger partial charge < -0.3 is 10.2 Å². The fourth-order valence-corrected chi connectivity index (χ4v) is 1.81. The highest BCUT2D eigenvalue weighted by atomic mass is 19.2. The monoisotopic (exact) mass is 269 g/mol. The second kappa shape index (κ2) is 5.75. The van der Waals surface area contributed by atoms with Crippen LogP contribution in [0.3, 0.4) is 0 Å². The minimum absolute atomic E-state index is 0.329. The van der Waals surface area contributed by atoms with Crippen LogP contribution < -0.4 is 10.4 Å². The number of amides is 2. The van der Waals surface area contributed by atoms with Crippen molar-refractivity contribution >= 4 is 17.5 Å². The number of anilines is 1. The van der Waals surface area contributed by atoms with Crippen molar-refractivity contribution in [1.29, 1.82) is 0 Å². The van der Waals surface area contributed by atoms with E-state index in [9.17, 15) is 18.5 Å². The molecule has 5 nitrogen and oxygen atoms in total. The van der Waals surface area contributed by atoms with Gasteiger partial charge in [-0.1, -0.05) is 16.6 Å². The smallest absolute Gasteiger partial charge is 0.332 e. The molecule has 1 saturated heterocycles. The van der Waals surface area contributed by atoms with Crippen molar-refractivity contribution in [3.63, 3.8) is 0 Å². The number of nitrogens with one attached hydrogen (secondary N) is 1. The second-order valence-electron chi connectivity index (χ2n) is 4.08. The van der Waals surface area contributed by atoms with Crippen molar-refractivity contribution < 1.29 is 18.5 Å². The minimum Gasteiger partial charge on any atom is -0.332 e. The predicted molar refractivity (Wildman–Crippen MR) is 64.4 cm³/mol. The molecule has 1 fully saturated rings. The first-order valence-electron chi connectivity index (χ1n) is 5.85. The Kier molecular flexibility index (Phi) is 4.06. The Morgan fingerprint density at radius 2 is 1.84 bits per heavy atom. The number of nitrogens with zero attached hydrogens (tertiary/aromatic N) is 2. The first kappa shape index (κ1) is 13.4. The molecule has 1 aliphatic heterocycles. The molecule has 0 unspecified atom stereocenters. The van der Waals surface area contributed by atoms with E-state index in [0.717, 1.165) is 12.1 Å². The third-order valence-electron chi connectivity index (χ3n) is 2.83. The molecule has 102 valence electrons. The molecule has 0 spiro atoms. The predicted octanol–water partition coefficient (Wildman–Crippen LogP) is 0.475. The molecule has 0 atom stereocenters. The molecule has 0 saturated carbocycles. The summed E-state index contributed by atoms with van der Waals surface area (Å²) in [6.45, 7) is 1.75. The minimum atomic E-state index is -1.38. The summed E-state index contributed by atoms with van der Waals surface area (Å²) in [6.07, 6.45) is 0. The molecule has 1 heterocycles. The summed E-state index contributed by atoms with van der Waals surface area (Å²) >= 11 is 0. The van der Waals surface area contributed by atoms with E-state index in [1.807, 2.05) is 0 Å². The van der Waals surface area contributed by atoms with Crippen LogP contribution in [0.4, 0.5) is 14.6 Å². The second-order valence-corrected chi connectivity index (χ2v) is 4.08. The number of halogens is 2. The van der Waals surface area contributed by atoms with Crippen LogP contribution in [0.25, 0.3) is 0 Å². The SMILES string of the molecule is O=C(C(=O)N(F)c1ccccc1F)N1CCNCC1. The van der Waals surface area contributed by atoms with Crippen molar-refractivity contribution in [1.82, 2.24) is 10.2 Å². The van der Waals surface area contributed by atoms with Crippen LogP contribution in [0.5, 0.6) is 0 Å². The van der Waals surface area contributed by atoms with Gasteiger partial charge in [-0.05, 0) is 12.1 Å². The average molecular weight is 269 g/mol. The van der Waals surface area contributed by atoms with Gasteiger partial charge in [-0.3, -0.25) is 9.59 Å². The molecule has 1 aliphatic rings. The Bertz CT molecular complexity index is 490. The van der Waals surface area contributed by atoms with E-state index >= 15 is 0 Å². The summed E-state index contributed by atoms with van der Waals surface area (Å²) in [4.78, 5) is 24.7. The van der Waals surface area contributed by atoms with Gasteiger partial charge >= 0.3 is 11.8 Å². The Labute approximate surface area is 108 Å². The Morgan fingerprint density at radius 3 is 2.47 bits per heavy atom. The van der Waals surface area contributed by atoms with Gasteiger partial charge in [0, 0.05) is 26.2 Å². The van der Waals surface area contributed by atoms with Crippen LogP contribution in [0.15, 0.2) is 24.3 Å². The number of benzene rings is 1. The summed E-state index contributed by atoms with van der Waals surface area (Å²) < 4.78 is 27.1. The van der Waals surface area contributed by atoms with Crippen molar-refractivity contribution in [2.24, 2.45) is 0 Å². The molecule has 0 bridgehead atoms. The summed E-state index contributed by atoms with van der Waals surface area (Å²) in [7, 11) is 0. The third kappa shape index (κ3) is 2.87. The standard InChI is InChI=1S/C12H13F2N3O2/c13-9-3-1-2-4-10(9)17(14)12(19)11(18)16-7-5-15-6-8-16/h1-4,15H,5-8H2. The topological polar surface area (TPSA) is 52.7 Å². The summed E-state index contributed by atoms with van der Waals surface area (Å²) in [6, 6.07) is 4.87. The lowest BCUT2D eigenvalue weighted by atomic mass is 10.3. The van der Waals surface area contributed by atoms with Crippen LogP contribution in [-0.2, 0) is 9.59 Å². The Balaban J connectivity index is 2.10. The highest BCUT2D eigenvalue weighted by Gasteiger charge is 2.30. The maximum atomic E-state index is 13.8. The first-order chi connectivity index (χ1) is 9.11. The number of hydrogen-bond donors (Lipinski definition) is 1. The summed E-state index contributed by atoms with van der Waals surface area (Å²) in [5.41, 5.74) is -0.559. The fourth-order valence-electron chi connectivity index (χ4n) is 1.81. The van der Waals surface area contributed by atoms with Crippen LogP contribution in [0.2, 0.25) is 0 Å². The van der Waals surface area contributed by atoms with Crippen LogP contribution in [0, 0.1) is 5.82 Å². The summed E-state index contributed by atoms with van der Waals surface area (Å²) in [5, 5.41) is 2.56. The molecule has 1 N–H and O–H groups in total. The molecule has 0 aliphatic carbocycles. The van der Waals surface area contributed by atoms with Gasteiger partial charge in [-0.2, -0.15) is 0 Å². The molecular weight excluding hydrogens is 256 g/mol. The lowest BCUT2D eigenvalue weighted by Gasteiger charge is -2.27. The van der Waals surface area contributed by atoms with E-state index < -0.39 is 28.4 Å². The zero-order valence-corrected chi connectivity index (χ0v) is 10.1. The lowest BCUT2D eigenvalue weighted by molar-refractivity contribution is -0.146. The van der Waals surface area contributed by atoms with E-state index in [2.05, 4.69) is 5.32 Å². The number of hydrogen-bond acceptors (Lipinski definition) is 3. The average Bonchev–Trinajstić information content (AvgIpc) is 2.46. The van der Waals surface area contributed by atoms with Gasteiger partial charge in [0.25, 0.3) is 0 Å². The Morgan fingerprint density at radius 1 is 1.21 bits per heavy atom. The van der Waals surface area contributed by atoms with E-state index in [4.69, 9.17) is 0 Å². The number of carbonyl (C=O) groups is 2. The van der Waals surface area contributed by atoms with Gasteiger partial charge in [-0.25, -0.2) is 4.39 Å². The summed E-state index contributed by atoms with van der Waals surface area (Å²) in [5.74, 6) is -3.24. The van der Waals surface area contributed by atoms with Crippen molar-refractivity contribution in [3.05, 3.63) is 30.1 Å². The number of piperazine rings is 1. The number of carbonyl (C=O) groups excluding carboxylic acids is 2. The van der Waals surface area contributed by atoms with E-state index in [-0.39, 0.29) is 0 Å². The molecule has 19 heavy (non-hydrogen) atoms. The zero-order valence-electron chi connectivity index (χ0n) is 10.1. The van der Waals surface area contributed by atoms with Crippen LogP contribution in [-0.4, -0.2) is 42.9 Å². The molecule has 2 amide bonds. The quantitative estimate of drug-likeness (QED) is 0.596. The zero-order chi connectivity index (χ0) is 13.8. The first-order valence-corrected chi connectivity index (χ1v) is 5.85. The van der Waals surface area contributed by atoms with Gasteiger partial charge in [0.1, 0.15) is 11.5 Å². The Hall–Kier alpha value is -2.02. The molecule has 1 aromatic rings. The van der Waals surface area contributed by atoms with Gasteiger partial charge in [-0.15, -0.1) is 5.12 Å². The van der Waals surface area contributed by atoms with E-state index in [1.165, 1.54) is 17.0 Å². The molecule has 1 aromatic carbocycles. The number of para-hydroxylation sites is 1. The molecule has 0 aromatic heterocycles. The van der Waals surface area contributed by atoms with Crippen molar-refractivity contribution in [3.8, 4) is 0 Å². The normalized spacial score (nSPS) is 15.2. The molecule has 2 rings (SSSR count). The van der Waals surface area contributed by atoms with Crippen LogP contribution >= 0.6 is 0 Å². The van der Waals surface area contributed by atoms with Crippen molar-refractivity contribution in [2.75, 3.05) is 31.3 Å². The van der Waals surface area contributed by atoms with Crippen molar-refractivity contribution in [2.45, 2.75) is 0 Å². The van der Waals surface area contributed by atoms with Crippen LogP contribution in [0.1, 0.15) is 0 Å². The van der Waals surface area contributed by atoms with Gasteiger partial charge in [0.15, 0.2) is 0 Å². The maximum Gasteiger partial charge on any atom is 0.344 e. The van der Waals surface area contributed by atoms with E-state index in [1.54, 1.807) is 0 Å². The molecular formula is C12H13F2N3O2. The largest absolute Gasteiger partial charge is 0.344 e. The fraction of sp³-hybridized carbons (Fsp3) is 0.333. The van der Waals surface area contributed by atoms with Gasteiger partial charge in [0.2, 0.25) is 0 Å². The highest BCUT2D eigenvalue weighted by Crippen LogP contribution is 2.19. The third-order valence-corrected chi connectivity index (χ3v) is 2.83. The number of rotatable bonds is 1.